The number of carbonyl (C=O) groups is 1. The van der Waals surface area contributed by atoms with Crippen LogP contribution in [0.3, 0.4) is 0 Å². The summed E-state index contributed by atoms with van der Waals surface area (Å²) in [6.45, 7) is 8.79. The highest BCUT2D eigenvalue weighted by Gasteiger charge is 2.42. The van der Waals surface area contributed by atoms with E-state index < -0.39 is 5.60 Å². The van der Waals surface area contributed by atoms with Crippen molar-refractivity contribution in [1.29, 1.82) is 5.26 Å². The molecule has 4 aliphatic rings. The number of benzene rings is 1. The van der Waals surface area contributed by atoms with Gasteiger partial charge in [0.1, 0.15) is 18.0 Å². The van der Waals surface area contributed by atoms with Gasteiger partial charge in [0.15, 0.2) is 0 Å². The summed E-state index contributed by atoms with van der Waals surface area (Å²) in [5, 5.41) is 13.1. The van der Waals surface area contributed by atoms with Crippen LogP contribution < -0.4 is 15.0 Å². The first-order chi connectivity index (χ1) is 20.2. The molecule has 42 heavy (non-hydrogen) atoms. The van der Waals surface area contributed by atoms with Crippen LogP contribution in [0.1, 0.15) is 81.7 Å². The van der Waals surface area contributed by atoms with Crippen LogP contribution in [-0.4, -0.2) is 71.4 Å². The van der Waals surface area contributed by atoms with Crippen molar-refractivity contribution < 1.29 is 14.3 Å². The lowest BCUT2D eigenvalue weighted by Crippen LogP contribution is -2.56. The van der Waals surface area contributed by atoms with Gasteiger partial charge in [0.25, 0.3) is 0 Å². The first kappa shape index (κ1) is 28.7. The fourth-order valence-electron chi connectivity index (χ4n) is 7.41. The second-order valence-corrected chi connectivity index (χ2v) is 13.5. The highest BCUT2D eigenvalue weighted by atomic mass is 16.6. The van der Waals surface area contributed by atoms with Gasteiger partial charge in [-0.1, -0.05) is 24.3 Å². The fourth-order valence-corrected chi connectivity index (χ4v) is 7.41. The number of anilines is 1. The van der Waals surface area contributed by atoms with Crippen LogP contribution in [0.4, 0.5) is 10.6 Å². The lowest BCUT2D eigenvalue weighted by Gasteiger charge is -2.45. The Labute approximate surface area is 249 Å². The summed E-state index contributed by atoms with van der Waals surface area (Å²) in [4.78, 5) is 27.1. The average Bonchev–Trinajstić information content (AvgIpc) is 3.49. The number of rotatable bonds is 5. The first-order valence-electron chi connectivity index (χ1n) is 15.7. The van der Waals surface area contributed by atoms with E-state index in [9.17, 15) is 10.1 Å². The van der Waals surface area contributed by atoms with E-state index in [0.717, 1.165) is 56.6 Å². The third-order valence-corrected chi connectivity index (χ3v) is 9.41. The maximum absolute atomic E-state index is 13.0. The van der Waals surface area contributed by atoms with Crippen molar-refractivity contribution in [3.8, 4) is 12.1 Å². The highest BCUT2D eigenvalue weighted by molar-refractivity contribution is 5.69. The van der Waals surface area contributed by atoms with Crippen LogP contribution >= 0.6 is 0 Å². The van der Waals surface area contributed by atoms with Crippen molar-refractivity contribution in [3.63, 3.8) is 0 Å². The topological polar surface area (TPSA) is 104 Å². The third kappa shape index (κ3) is 5.92. The van der Waals surface area contributed by atoms with E-state index in [1.807, 2.05) is 20.8 Å². The monoisotopic (exact) mass is 572 g/mol. The summed E-state index contributed by atoms with van der Waals surface area (Å²) in [7, 11) is 0. The Morgan fingerprint density at radius 1 is 1.17 bits per heavy atom. The summed E-state index contributed by atoms with van der Waals surface area (Å²) in [6, 6.07) is 11.7. The number of piperazine rings is 1. The van der Waals surface area contributed by atoms with Crippen LogP contribution in [0.2, 0.25) is 0 Å². The summed E-state index contributed by atoms with van der Waals surface area (Å²) in [5.74, 6) is 0.903. The number of hydrogen-bond donors (Lipinski definition) is 1. The summed E-state index contributed by atoms with van der Waals surface area (Å²) in [6.07, 6.45) is 8.49. The van der Waals surface area contributed by atoms with Crippen molar-refractivity contribution in [2.24, 2.45) is 0 Å². The zero-order valence-corrected chi connectivity index (χ0v) is 25.3. The van der Waals surface area contributed by atoms with Crippen LogP contribution in [-0.2, 0) is 29.4 Å². The molecule has 2 saturated heterocycles. The van der Waals surface area contributed by atoms with Gasteiger partial charge in [0.05, 0.1) is 24.2 Å². The Morgan fingerprint density at radius 2 is 2.02 bits per heavy atom. The summed E-state index contributed by atoms with van der Waals surface area (Å²) in [5.41, 5.74) is 4.74. The fraction of sp³-hybridized carbons (Fsp3) is 0.636. The minimum atomic E-state index is -0.592. The summed E-state index contributed by atoms with van der Waals surface area (Å²) < 4.78 is 12.0. The molecule has 0 saturated carbocycles. The number of aryl methyl sites for hydroxylation is 1. The normalized spacial score (nSPS) is 25.5. The molecule has 2 aromatic rings. The molecule has 9 nitrogen and oxygen atoms in total. The average molecular weight is 573 g/mol. The van der Waals surface area contributed by atoms with Gasteiger partial charge in [-0.15, -0.1) is 0 Å². The Bertz CT molecular complexity index is 1340. The molecule has 1 aromatic carbocycles. The minimum absolute atomic E-state index is 0.0937. The van der Waals surface area contributed by atoms with E-state index in [1.54, 1.807) is 4.90 Å². The van der Waals surface area contributed by atoms with Gasteiger partial charge >= 0.3 is 12.1 Å². The van der Waals surface area contributed by atoms with Gasteiger partial charge in [0, 0.05) is 36.7 Å². The Morgan fingerprint density at radius 3 is 2.81 bits per heavy atom. The lowest BCUT2D eigenvalue weighted by atomic mass is 9.62. The number of nitrogens with zero attached hydrogens (tertiary/aromatic N) is 5. The van der Waals surface area contributed by atoms with Crippen molar-refractivity contribution in [2.75, 3.05) is 37.7 Å². The molecule has 1 aromatic heterocycles. The largest absolute Gasteiger partial charge is 0.462 e. The number of ether oxygens (including phenoxy) is 2. The maximum atomic E-state index is 13.0. The number of amides is 1. The quantitative estimate of drug-likeness (QED) is 0.550. The maximum Gasteiger partial charge on any atom is 0.410 e. The standard InChI is InChI=1S/C33H44N6O3/c1-32(2,3)42-31(40)39-19-18-38(21-25(39)13-16-34)29-26-12-15-33(14-6-9-23-8-4-5-11-27(23)33)20-28(26)36-30(37-29)41-22-24-10-7-17-35-24/h4-5,8,11,24-25,35H,6-7,9-10,12-15,17-22H2,1-3H3/t24-,25-,33?/m0/s1. The zero-order valence-electron chi connectivity index (χ0n) is 25.3. The number of fused-ring (bicyclic) bond motifs is 3. The summed E-state index contributed by atoms with van der Waals surface area (Å²) >= 11 is 0. The van der Waals surface area contributed by atoms with Gasteiger partial charge < -0.3 is 24.6 Å². The number of nitrogens with one attached hydrogen (secondary N) is 1. The van der Waals surface area contributed by atoms with Crippen LogP contribution in [0.25, 0.3) is 0 Å². The number of carbonyl (C=O) groups excluding carboxylic acids is 1. The molecule has 2 fully saturated rings. The molecule has 1 unspecified atom stereocenters. The van der Waals surface area contributed by atoms with Gasteiger partial charge in [-0.25, -0.2) is 4.79 Å². The first-order valence-corrected chi connectivity index (χ1v) is 15.7. The van der Waals surface area contributed by atoms with E-state index in [-0.39, 0.29) is 24.0 Å². The van der Waals surface area contributed by atoms with E-state index in [4.69, 9.17) is 19.4 Å². The van der Waals surface area contributed by atoms with Crippen molar-refractivity contribution in [1.82, 2.24) is 20.2 Å². The number of nitriles is 1. The van der Waals surface area contributed by atoms with Crippen molar-refractivity contribution in [3.05, 3.63) is 46.6 Å². The minimum Gasteiger partial charge on any atom is -0.462 e. The predicted molar refractivity (Wildman–Crippen MR) is 161 cm³/mol. The Kier molecular flexibility index (Phi) is 8.01. The second kappa shape index (κ2) is 11.7. The molecule has 9 heteroatoms. The molecule has 1 amide bonds. The van der Waals surface area contributed by atoms with Crippen LogP contribution in [0, 0.1) is 11.3 Å². The predicted octanol–water partition coefficient (Wildman–Crippen LogP) is 4.71. The Balaban J connectivity index is 1.31. The van der Waals surface area contributed by atoms with E-state index >= 15 is 0 Å². The molecule has 3 atom stereocenters. The molecule has 1 N–H and O–H groups in total. The molecular weight excluding hydrogens is 528 g/mol. The number of hydrogen-bond acceptors (Lipinski definition) is 8. The molecule has 0 bridgehead atoms. The molecule has 224 valence electrons. The molecule has 2 aliphatic carbocycles. The second-order valence-electron chi connectivity index (χ2n) is 13.5. The van der Waals surface area contributed by atoms with E-state index in [0.29, 0.717) is 38.3 Å². The lowest BCUT2D eigenvalue weighted by molar-refractivity contribution is 0.0144. The smallest absolute Gasteiger partial charge is 0.410 e. The number of aromatic nitrogens is 2. The molecule has 3 heterocycles. The van der Waals surface area contributed by atoms with E-state index in [1.165, 1.54) is 29.5 Å². The van der Waals surface area contributed by atoms with Crippen molar-refractivity contribution >= 4 is 11.9 Å². The van der Waals surface area contributed by atoms with Crippen molar-refractivity contribution in [2.45, 2.75) is 102 Å². The molecule has 6 rings (SSSR count). The molecular formula is C33H44N6O3. The van der Waals surface area contributed by atoms with Gasteiger partial charge in [-0.05, 0) is 89.8 Å². The van der Waals surface area contributed by atoms with Gasteiger partial charge in [-0.2, -0.15) is 15.2 Å². The molecule has 1 spiro atoms. The SMILES string of the molecule is CC(C)(C)OC(=O)N1CCN(c2nc(OC[C@@H]3CCCN3)nc3c2CCC2(CCCc4ccccc42)C3)C[C@@H]1CC#N. The van der Waals surface area contributed by atoms with Crippen LogP contribution in [0.15, 0.2) is 24.3 Å². The third-order valence-electron chi connectivity index (χ3n) is 9.41. The van der Waals surface area contributed by atoms with Gasteiger partial charge in [-0.3, -0.25) is 0 Å². The molecule has 0 radical (unpaired) electrons. The van der Waals surface area contributed by atoms with E-state index in [2.05, 4.69) is 40.6 Å². The van der Waals surface area contributed by atoms with Gasteiger partial charge in [0.2, 0.25) is 0 Å². The highest BCUT2D eigenvalue weighted by Crippen LogP contribution is 2.47. The Hall–Kier alpha value is -3.38. The van der Waals surface area contributed by atoms with Crippen LogP contribution in [0.5, 0.6) is 6.01 Å². The molecule has 2 aliphatic heterocycles. The zero-order chi connectivity index (χ0) is 29.3.